The first-order valence-corrected chi connectivity index (χ1v) is 13.0. The van der Waals surface area contributed by atoms with E-state index >= 15 is 0 Å². The minimum Gasteiger partial charge on any atom is -1.00 e. The van der Waals surface area contributed by atoms with Gasteiger partial charge in [-0.25, -0.2) is 4.79 Å². The molecule has 0 spiro atoms. The van der Waals surface area contributed by atoms with Crippen molar-refractivity contribution in [1.29, 1.82) is 0 Å². The molecule has 0 saturated carbocycles. The maximum absolute atomic E-state index is 11.7. The second-order valence-electron chi connectivity index (χ2n) is 7.88. The number of hydrogen-bond acceptors (Lipinski definition) is 5. The largest absolute Gasteiger partial charge is 1.00 e. The van der Waals surface area contributed by atoms with Crippen LogP contribution in [0.25, 0.3) is 0 Å². The summed E-state index contributed by atoms with van der Waals surface area (Å²) in [7, 11) is 0. The molecule has 0 saturated heterocycles. The number of unbranched alkanes of at least 4 members (excludes halogenated alkanes) is 14. The summed E-state index contributed by atoms with van der Waals surface area (Å²) in [6.07, 6.45) is 22.2. The van der Waals surface area contributed by atoms with Crippen molar-refractivity contribution in [1.82, 2.24) is 0 Å². The molecule has 0 aliphatic heterocycles. The van der Waals surface area contributed by atoms with Gasteiger partial charge in [0.15, 0.2) is 0 Å². The third kappa shape index (κ3) is 22.9. The van der Waals surface area contributed by atoms with E-state index in [1.807, 2.05) is 6.26 Å². The van der Waals surface area contributed by atoms with Crippen molar-refractivity contribution in [3.63, 3.8) is 0 Å². The Labute approximate surface area is 208 Å². The van der Waals surface area contributed by atoms with Gasteiger partial charge in [0, 0.05) is 6.42 Å². The molecule has 0 aliphatic rings. The smallest absolute Gasteiger partial charge is 1.00 e. The van der Waals surface area contributed by atoms with Crippen molar-refractivity contribution >= 4 is 23.7 Å². The van der Waals surface area contributed by atoms with Crippen molar-refractivity contribution in [3.05, 3.63) is 0 Å². The molecule has 0 aromatic rings. The predicted octanol–water partition coefficient (Wildman–Crippen LogP) is 3.51. The molecule has 168 valence electrons. The Balaban J connectivity index is -0.00000364. The van der Waals surface area contributed by atoms with E-state index in [0.717, 1.165) is 25.0 Å². The topological polar surface area (TPSA) is 69.4 Å². The Morgan fingerprint density at radius 1 is 0.828 bits per heavy atom. The SMILES string of the molecule is CCCCCCCCCCCCCCCCCC(=O)OC(=O)C(N)CCSC.[H-].[Na+]. The van der Waals surface area contributed by atoms with Crippen LogP contribution < -0.4 is 35.3 Å². The Bertz CT molecular complexity index is 389. The molecular formula is C23H46NNaO3S. The Hall–Kier alpha value is 0.450. The monoisotopic (exact) mass is 439 g/mol. The summed E-state index contributed by atoms with van der Waals surface area (Å²) in [5.41, 5.74) is 5.70. The van der Waals surface area contributed by atoms with E-state index in [1.165, 1.54) is 77.0 Å². The molecule has 0 fully saturated rings. The summed E-state index contributed by atoms with van der Waals surface area (Å²) in [6, 6.07) is -0.683. The molecule has 1 unspecified atom stereocenters. The standard InChI is InChI=1S/C23H45NO3S.Na.H/c1-3-4-5-6-7-8-9-10-11-12-13-14-15-16-17-18-22(25)27-23(26)21(24)19-20-28-2;;/h21H,3-20,24H2,1-2H3;;/q;+1;-1. The molecule has 0 amide bonds. The number of ether oxygens (including phenoxy) is 1. The average molecular weight is 440 g/mol. The summed E-state index contributed by atoms with van der Waals surface area (Å²) in [5, 5.41) is 0. The number of hydrogen-bond donors (Lipinski definition) is 1. The average Bonchev–Trinajstić information content (AvgIpc) is 2.68. The molecule has 0 bridgehead atoms. The van der Waals surface area contributed by atoms with Crippen LogP contribution in [0.5, 0.6) is 0 Å². The number of thioether (sulfide) groups is 1. The number of rotatable bonds is 20. The van der Waals surface area contributed by atoms with Crippen molar-refractivity contribution < 1.29 is 45.3 Å². The van der Waals surface area contributed by atoms with Gasteiger partial charge in [0.25, 0.3) is 0 Å². The fraction of sp³-hybridized carbons (Fsp3) is 0.913. The van der Waals surface area contributed by atoms with Crippen LogP contribution in [0.3, 0.4) is 0 Å². The van der Waals surface area contributed by atoms with Gasteiger partial charge < -0.3 is 11.9 Å². The molecule has 29 heavy (non-hydrogen) atoms. The summed E-state index contributed by atoms with van der Waals surface area (Å²) in [4.78, 5) is 23.3. The first-order chi connectivity index (χ1) is 13.6. The van der Waals surface area contributed by atoms with Gasteiger partial charge in [-0.3, -0.25) is 4.79 Å². The zero-order chi connectivity index (χ0) is 20.9. The summed E-state index contributed by atoms with van der Waals surface area (Å²) < 4.78 is 4.82. The second kappa shape index (κ2) is 24.7. The molecule has 2 N–H and O–H groups in total. The predicted molar refractivity (Wildman–Crippen MR) is 123 cm³/mol. The fourth-order valence-corrected chi connectivity index (χ4v) is 3.73. The normalized spacial score (nSPS) is 11.7. The van der Waals surface area contributed by atoms with Crippen LogP contribution in [-0.2, 0) is 14.3 Å². The molecule has 0 aliphatic carbocycles. The van der Waals surface area contributed by atoms with Gasteiger partial charge in [0.1, 0.15) is 6.04 Å². The number of carbonyl (C=O) groups excluding carboxylic acids is 2. The van der Waals surface area contributed by atoms with Gasteiger partial charge >= 0.3 is 41.5 Å². The molecule has 0 aromatic heterocycles. The Kier molecular flexibility index (Phi) is 27.0. The third-order valence-corrected chi connectivity index (χ3v) is 5.78. The maximum atomic E-state index is 11.7. The van der Waals surface area contributed by atoms with E-state index in [4.69, 9.17) is 10.5 Å². The van der Waals surface area contributed by atoms with E-state index < -0.39 is 18.0 Å². The zero-order valence-electron chi connectivity index (χ0n) is 20.5. The van der Waals surface area contributed by atoms with Gasteiger partial charge in [-0.05, 0) is 24.9 Å². The minimum atomic E-state index is -0.683. The summed E-state index contributed by atoms with van der Waals surface area (Å²) >= 11 is 1.63. The van der Waals surface area contributed by atoms with E-state index in [-0.39, 0.29) is 31.0 Å². The summed E-state index contributed by atoms with van der Waals surface area (Å²) in [6.45, 7) is 2.27. The second-order valence-corrected chi connectivity index (χ2v) is 8.87. The Morgan fingerprint density at radius 3 is 1.66 bits per heavy atom. The molecule has 0 heterocycles. The first kappa shape index (κ1) is 31.6. The molecule has 1 atom stereocenters. The van der Waals surface area contributed by atoms with Gasteiger partial charge in [-0.15, -0.1) is 0 Å². The van der Waals surface area contributed by atoms with Crippen molar-refractivity contribution in [3.8, 4) is 0 Å². The van der Waals surface area contributed by atoms with Crippen LogP contribution in [0.2, 0.25) is 0 Å². The fourth-order valence-electron chi connectivity index (χ4n) is 3.24. The van der Waals surface area contributed by atoms with Crippen molar-refractivity contribution in [2.45, 2.75) is 122 Å². The van der Waals surface area contributed by atoms with Gasteiger partial charge in [0.05, 0.1) is 0 Å². The van der Waals surface area contributed by atoms with Gasteiger partial charge in [-0.1, -0.05) is 96.8 Å². The molecule has 0 aromatic carbocycles. The molecule has 0 rings (SSSR count). The minimum absolute atomic E-state index is 0. The van der Waals surface area contributed by atoms with E-state index in [9.17, 15) is 9.59 Å². The number of nitrogens with two attached hydrogens (primary N) is 1. The molecular weight excluding hydrogens is 393 g/mol. The zero-order valence-corrected chi connectivity index (χ0v) is 22.3. The van der Waals surface area contributed by atoms with Crippen LogP contribution in [0, 0.1) is 0 Å². The van der Waals surface area contributed by atoms with Gasteiger partial charge in [-0.2, -0.15) is 11.8 Å². The number of carbonyl (C=O) groups is 2. The Morgan fingerprint density at radius 2 is 1.24 bits per heavy atom. The van der Waals surface area contributed by atoms with Crippen LogP contribution in [-0.4, -0.2) is 30.0 Å². The van der Waals surface area contributed by atoms with Crippen LogP contribution in [0.15, 0.2) is 0 Å². The van der Waals surface area contributed by atoms with E-state index in [1.54, 1.807) is 11.8 Å². The summed E-state index contributed by atoms with van der Waals surface area (Å²) in [5.74, 6) is -0.219. The van der Waals surface area contributed by atoms with Gasteiger partial charge in [0.2, 0.25) is 0 Å². The van der Waals surface area contributed by atoms with Crippen LogP contribution in [0.1, 0.15) is 118 Å². The van der Waals surface area contributed by atoms with E-state index in [0.29, 0.717) is 12.8 Å². The first-order valence-electron chi connectivity index (χ1n) is 11.6. The molecule has 0 radical (unpaired) electrons. The third-order valence-electron chi connectivity index (χ3n) is 5.13. The quantitative estimate of drug-likeness (QED) is 0.136. The number of esters is 2. The van der Waals surface area contributed by atoms with Crippen LogP contribution in [0.4, 0.5) is 0 Å². The maximum Gasteiger partial charge on any atom is 1.00 e. The molecule has 4 nitrogen and oxygen atoms in total. The van der Waals surface area contributed by atoms with Crippen molar-refractivity contribution in [2.24, 2.45) is 5.73 Å². The van der Waals surface area contributed by atoms with Crippen LogP contribution >= 0.6 is 11.8 Å². The van der Waals surface area contributed by atoms with E-state index in [2.05, 4.69) is 6.92 Å². The molecule has 6 heteroatoms. The van der Waals surface area contributed by atoms with Crippen molar-refractivity contribution in [2.75, 3.05) is 12.0 Å².